The highest BCUT2D eigenvalue weighted by molar-refractivity contribution is 5.09. The third kappa shape index (κ3) is 3.23. The van der Waals surface area contributed by atoms with E-state index in [1.807, 2.05) is 19.9 Å². The Kier molecular flexibility index (Phi) is 3.55. The molecule has 1 rings (SSSR count). The first-order valence-corrected chi connectivity index (χ1v) is 4.91. The van der Waals surface area contributed by atoms with E-state index in [9.17, 15) is 0 Å². The number of furan rings is 1. The lowest BCUT2D eigenvalue weighted by molar-refractivity contribution is 0.431. The third-order valence-electron chi connectivity index (χ3n) is 2.30. The molecule has 0 saturated carbocycles. The molecule has 0 saturated heterocycles. The zero-order valence-electron chi connectivity index (χ0n) is 8.71. The summed E-state index contributed by atoms with van der Waals surface area (Å²) < 4.78 is 5.54. The monoisotopic (exact) mass is 181 g/mol. The van der Waals surface area contributed by atoms with E-state index in [0.717, 1.165) is 24.4 Å². The lowest BCUT2D eigenvalue weighted by Gasteiger charge is -2.09. The van der Waals surface area contributed by atoms with Gasteiger partial charge in [0.1, 0.15) is 11.5 Å². The first kappa shape index (κ1) is 10.3. The maximum absolute atomic E-state index is 5.69. The molecule has 0 amide bonds. The SMILES string of the molecule is Cc1ccc(C(C)CCC(C)N)o1. The van der Waals surface area contributed by atoms with Crippen molar-refractivity contribution in [2.45, 2.75) is 45.6 Å². The Balaban J connectivity index is 2.44. The Morgan fingerprint density at radius 1 is 1.31 bits per heavy atom. The van der Waals surface area contributed by atoms with Crippen molar-refractivity contribution in [2.75, 3.05) is 0 Å². The van der Waals surface area contributed by atoms with Crippen molar-refractivity contribution in [2.24, 2.45) is 5.73 Å². The Bertz CT molecular complexity index is 252. The summed E-state index contributed by atoms with van der Waals surface area (Å²) in [5.74, 6) is 2.56. The van der Waals surface area contributed by atoms with Gasteiger partial charge in [-0.1, -0.05) is 6.92 Å². The molecule has 74 valence electrons. The minimum atomic E-state index is 0.290. The molecule has 2 nitrogen and oxygen atoms in total. The largest absolute Gasteiger partial charge is 0.466 e. The van der Waals surface area contributed by atoms with Crippen molar-refractivity contribution in [3.8, 4) is 0 Å². The fourth-order valence-corrected chi connectivity index (χ4v) is 1.37. The second kappa shape index (κ2) is 4.47. The molecule has 0 fully saturated rings. The average molecular weight is 181 g/mol. The zero-order valence-corrected chi connectivity index (χ0v) is 8.71. The Labute approximate surface area is 80.1 Å². The molecule has 0 spiro atoms. The average Bonchev–Trinajstić information content (AvgIpc) is 2.47. The van der Waals surface area contributed by atoms with E-state index >= 15 is 0 Å². The molecule has 1 heterocycles. The van der Waals surface area contributed by atoms with Gasteiger partial charge in [-0.3, -0.25) is 0 Å². The second-order valence-electron chi connectivity index (χ2n) is 3.90. The van der Waals surface area contributed by atoms with Crippen LogP contribution < -0.4 is 5.73 Å². The van der Waals surface area contributed by atoms with Crippen LogP contribution in [0.1, 0.15) is 44.1 Å². The fourth-order valence-electron chi connectivity index (χ4n) is 1.37. The van der Waals surface area contributed by atoms with E-state index in [1.54, 1.807) is 0 Å². The van der Waals surface area contributed by atoms with Crippen molar-refractivity contribution >= 4 is 0 Å². The van der Waals surface area contributed by atoms with Crippen molar-refractivity contribution in [1.82, 2.24) is 0 Å². The highest BCUT2D eigenvalue weighted by Gasteiger charge is 2.09. The molecule has 0 aliphatic rings. The van der Waals surface area contributed by atoms with Crippen LogP contribution in [0.25, 0.3) is 0 Å². The van der Waals surface area contributed by atoms with Gasteiger partial charge in [-0.15, -0.1) is 0 Å². The molecular weight excluding hydrogens is 162 g/mol. The summed E-state index contributed by atoms with van der Waals surface area (Å²) in [6.45, 7) is 6.20. The highest BCUT2D eigenvalue weighted by Crippen LogP contribution is 2.22. The predicted octanol–water partition coefficient (Wildman–Crippen LogP) is 2.82. The van der Waals surface area contributed by atoms with Crippen LogP contribution in [-0.2, 0) is 0 Å². The van der Waals surface area contributed by atoms with Crippen LogP contribution in [0.15, 0.2) is 16.5 Å². The topological polar surface area (TPSA) is 39.2 Å². The first-order chi connectivity index (χ1) is 6.09. The molecule has 2 heteroatoms. The predicted molar refractivity (Wildman–Crippen MR) is 54.7 cm³/mol. The molecule has 13 heavy (non-hydrogen) atoms. The number of aryl methyl sites for hydroxylation is 1. The Hall–Kier alpha value is -0.760. The molecule has 0 radical (unpaired) electrons. The van der Waals surface area contributed by atoms with Gasteiger partial charge in [0.25, 0.3) is 0 Å². The molecule has 2 N–H and O–H groups in total. The second-order valence-corrected chi connectivity index (χ2v) is 3.90. The highest BCUT2D eigenvalue weighted by atomic mass is 16.3. The molecule has 2 atom stereocenters. The Morgan fingerprint density at radius 2 is 2.00 bits per heavy atom. The van der Waals surface area contributed by atoms with Gasteiger partial charge in [0.2, 0.25) is 0 Å². The van der Waals surface area contributed by atoms with Crippen molar-refractivity contribution in [3.63, 3.8) is 0 Å². The molecular formula is C11H19NO. The van der Waals surface area contributed by atoms with Gasteiger partial charge in [0.05, 0.1) is 0 Å². The lowest BCUT2D eigenvalue weighted by atomic mass is 10.0. The summed E-state index contributed by atoms with van der Waals surface area (Å²) in [6.07, 6.45) is 2.16. The van der Waals surface area contributed by atoms with Crippen LogP contribution in [0.4, 0.5) is 0 Å². The maximum Gasteiger partial charge on any atom is 0.106 e. The third-order valence-corrected chi connectivity index (χ3v) is 2.30. The molecule has 0 bridgehead atoms. The Morgan fingerprint density at radius 3 is 2.46 bits per heavy atom. The summed E-state index contributed by atoms with van der Waals surface area (Å²) in [5, 5.41) is 0. The summed E-state index contributed by atoms with van der Waals surface area (Å²) in [7, 11) is 0. The smallest absolute Gasteiger partial charge is 0.106 e. The van der Waals surface area contributed by atoms with Crippen LogP contribution in [-0.4, -0.2) is 6.04 Å². The summed E-state index contributed by atoms with van der Waals surface area (Å²) in [5.41, 5.74) is 5.69. The van der Waals surface area contributed by atoms with Gasteiger partial charge < -0.3 is 10.2 Å². The van der Waals surface area contributed by atoms with Crippen LogP contribution in [0, 0.1) is 6.92 Å². The standard InChI is InChI=1S/C11H19NO/c1-8(4-5-9(2)12)11-7-6-10(3)13-11/h6-9H,4-5,12H2,1-3H3. The minimum Gasteiger partial charge on any atom is -0.466 e. The van der Waals surface area contributed by atoms with Crippen LogP contribution in [0.2, 0.25) is 0 Å². The van der Waals surface area contributed by atoms with E-state index in [2.05, 4.69) is 13.0 Å². The van der Waals surface area contributed by atoms with Gasteiger partial charge in [-0.05, 0) is 38.8 Å². The van der Waals surface area contributed by atoms with Crippen molar-refractivity contribution < 1.29 is 4.42 Å². The molecule has 2 unspecified atom stereocenters. The number of hydrogen-bond acceptors (Lipinski definition) is 2. The molecule has 1 aromatic rings. The van der Waals surface area contributed by atoms with Gasteiger partial charge in [-0.25, -0.2) is 0 Å². The van der Waals surface area contributed by atoms with E-state index in [1.165, 1.54) is 0 Å². The van der Waals surface area contributed by atoms with E-state index < -0.39 is 0 Å². The van der Waals surface area contributed by atoms with Crippen LogP contribution in [0.5, 0.6) is 0 Å². The number of nitrogens with two attached hydrogens (primary N) is 1. The number of rotatable bonds is 4. The maximum atomic E-state index is 5.69. The van der Waals surface area contributed by atoms with E-state index in [0.29, 0.717) is 12.0 Å². The number of hydrogen-bond donors (Lipinski definition) is 1. The van der Waals surface area contributed by atoms with Gasteiger partial charge in [0, 0.05) is 12.0 Å². The lowest BCUT2D eigenvalue weighted by Crippen LogP contribution is -2.15. The first-order valence-electron chi connectivity index (χ1n) is 4.91. The molecule has 0 aromatic carbocycles. The van der Waals surface area contributed by atoms with E-state index in [4.69, 9.17) is 10.2 Å². The van der Waals surface area contributed by atoms with Crippen molar-refractivity contribution in [3.05, 3.63) is 23.7 Å². The normalized spacial score (nSPS) is 15.7. The van der Waals surface area contributed by atoms with Gasteiger partial charge in [-0.2, -0.15) is 0 Å². The summed E-state index contributed by atoms with van der Waals surface area (Å²) in [4.78, 5) is 0. The summed E-state index contributed by atoms with van der Waals surface area (Å²) in [6, 6.07) is 4.36. The quantitative estimate of drug-likeness (QED) is 0.775. The van der Waals surface area contributed by atoms with Gasteiger partial charge in [0.15, 0.2) is 0 Å². The van der Waals surface area contributed by atoms with Crippen molar-refractivity contribution in [1.29, 1.82) is 0 Å². The molecule has 1 aromatic heterocycles. The zero-order chi connectivity index (χ0) is 9.84. The van der Waals surface area contributed by atoms with Crippen LogP contribution in [0.3, 0.4) is 0 Å². The van der Waals surface area contributed by atoms with Crippen LogP contribution >= 0.6 is 0 Å². The van der Waals surface area contributed by atoms with Gasteiger partial charge >= 0.3 is 0 Å². The fraction of sp³-hybridized carbons (Fsp3) is 0.636. The minimum absolute atomic E-state index is 0.290. The molecule has 0 aliphatic heterocycles. The summed E-state index contributed by atoms with van der Waals surface area (Å²) >= 11 is 0. The molecule has 0 aliphatic carbocycles. The van der Waals surface area contributed by atoms with E-state index in [-0.39, 0.29) is 0 Å².